The van der Waals surface area contributed by atoms with Crippen LogP contribution in [0.25, 0.3) is 16.6 Å². The molecule has 1 amide bonds. The summed E-state index contributed by atoms with van der Waals surface area (Å²) in [4.78, 5) is 40.5. The molecule has 1 heterocycles. The first-order valence-corrected chi connectivity index (χ1v) is 9.69. The van der Waals surface area contributed by atoms with Crippen molar-refractivity contribution in [1.29, 1.82) is 0 Å². The SMILES string of the molecule is CCCN(C)C(=O)Cn1c(=O)n(-c2ccc(OCC)cc2)c(=O)c2ccccc21. The lowest BCUT2D eigenvalue weighted by Gasteiger charge is -2.19. The number of carbonyl (C=O) groups is 1. The number of carbonyl (C=O) groups excluding carboxylic acids is 1. The zero-order valence-electron chi connectivity index (χ0n) is 16.9. The maximum atomic E-state index is 13.3. The summed E-state index contributed by atoms with van der Waals surface area (Å²) >= 11 is 0. The van der Waals surface area contributed by atoms with Crippen LogP contribution in [0.5, 0.6) is 5.75 Å². The summed E-state index contributed by atoms with van der Waals surface area (Å²) in [6, 6.07) is 13.6. The Morgan fingerprint density at radius 1 is 1.03 bits per heavy atom. The van der Waals surface area contributed by atoms with Crippen molar-refractivity contribution in [3.8, 4) is 11.4 Å². The number of nitrogens with zero attached hydrogens (tertiary/aromatic N) is 3. The summed E-state index contributed by atoms with van der Waals surface area (Å²) in [6.07, 6.45) is 0.823. The first kappa shape index (κ1) is 20.4. The number of hydrogen-bond acceptors (Lipinski definition) is 4. The lowest BCUT2D eigenvalue weighted by Crippen LogP contribution is -2.42. The van der Waals surface area contributed by atoms with Crippen molar-refractivity contribution in [1.82, 2.24) is 14.0 Å². The summed E-state index contributed by atoms with van der Waals surface area (Å²) < 4.78 is 7.90. The molecular weight excluding hydrogens is 370 g/mol. The Morgan fingerprint density at radius 3 is 2.38 bits per heavy atom. The van der Waals surface area contributed by atoms with Gasteiger partial charge in [0.15, 0.2) is 0 Å². The Bertz CT molecular complexity index is 1130. The van der Waals surface area contributed by atoms with E-state index >= 15 is 0 Å². The Morgan fingerprint density at radius 2 is 1.72 bits per heavy atom. The highest BCUT2D eigenvalue weighted by Crippen LogP contribution is 2.15. The number of ether oxygens (including phenoxy) is 1. The number of benzene rings is 2. The average Bonchev–Trinajstić information content (AvgIpc) is 2.72. The van der Waals surface area contributed by atoms with Gasteiger partial charge in [-0.15, -0.1) is 0 Å². The fourth-order valence-corrected chi connectivity index (χ4v) is 3.28. The molecule has 0 fully saturated rings. The molecule has 0 bridgehead atoms. The smallest absolute Gasteiger partial charge is 0.336 e. The second-order valence-corrected chi connectivity index (χ2v) is 6.77. The van der Waals surface area contributed by atoms with Gasteiger partial charge in [-0.1, -0.05) is 19.1 Å². The summed E-state index contributed by atoms with van der Waals surface area (Å²) in [6.45, 7) is 4.86. The van der Waals surface area contributed by atoms with E-state index < -0.39 is 11.2 Å². The van der Waals surface area contributed by atoms with Gasteiger partial charge in [-0.05, 0) is 49.7 Å². The van der Waals surface area contributed by atoms with E-state index in [-0.39, 0.29) is 12.5 Å². The van der Waals surface area contributed by atoms with E-state index in [9.17, 15) is 14.4 Å². The number of amides is 1. The molecule has 2 aromatic carbocycles. The van der Waals surface area contributed by atoms with Gasteiger partial charge >= 0.3 is 5.69 Å². The van der Waals surface area contributed by atoms with Crippen LogP contribution in [0.1, 0.15) is 20.3 Å². The number of likely N-dealkylation sites (N-methyl/N-ethyl adjacent to an activating group) is 1. The Balaban J connectivity index is 2.17. The van der Waals surface area contributed by atoms with E-state index in [1.807, 2.05) is 13.8 Å². The topological polar surface area (TPSA) is 73.5 Å². The predicted molar refractivity (Wildman–Crippen MR) is 113 cm³/mol. The maximum absolute atomic E-state index is 13.3. The normalized spacial score (nSPS) is 10.9. The molecule has 0 saturated carbocycles. The van der Waals surface area contributed by atoms with Crippen LogP contribution in [0.4, 0.5) is 0 Å². The van der Waals surface area contributed by atoms with Gasteiger partial charge in [0.05, 0.1) is 23.2 Å². The Labute approximate surface area is 168 Å². The lowest BCUT2D eigenvalue weighted by molar-refractivity contribution is -0.130. The van der Waals surface area contributed by atoms with E-state index in [2.05, 4.69) is 0 Å². The van der Waals surface area contributed by atoms with E-state index in [1.54, 1.807) is 60.5 Å². The fourth-order valence-electron chi connectivity index (χ4n) is 3.28. The van der Waals surface area contributed by atoms with Crippen LogP contribution < -0.4 is 16.0 Å². The molecule has 7 heteroatoms. The van der Waals surface area contributed by atoms with Crippen molar-refractivity contribution in [2.75, 3.05) is 20.2 Å². The number of hydrogen-bond donors (Lipinski definition) is 0. The van der Waals surface area contributed by atoms with E-state index in [0.29, 0.717) is 35.5 Å². The Hall–Kier alpha value is -3.35. The van der Waals surface area contributed by atoms with Crippen molar-refractivity contribution in [3.63, 3.8) is 0 Å². The molecule has 0 spiro atoms. The molecule has 0 saturated heterocycles. The molecule has 3 aromatic rings. The van der Waals surface area contributed by atoms with Crippen molar-refractivity contribution in [3.05, 3.63) is 69.4 Å². The standard InChI is InChI=1S/C22H25N3O4/c1-4-14-23(3)20(26)15-24-19-9-7-6-8-18(19)21(27)25(22(24)28)16-10-12-17(13-11-16)29-5-2/h6-13H,4-5,14-15H2,1-3H3. The third-order valence-electron chi connectivity index (χ3n) is 4.73. The third-order valence-corrected chi connectivity index (χ3v) is 4.73. The van der Waals surface area contributed by atoms with Crippen molar-refractivity contribution in [2.45, 2.75) is 26.8 Å². The minimum Gasteiger partial charge on any atom is -0.494 e. The van der Waals surface area contributed by atoms with Gasteiger partial charge in [-0.2, -0.15) is 0 Å². The molecule has 7 nitrogen and oxygen atoms in total. The second-order valence-electron chi connectivity index (χ2n) is 6.77. The number of fused-ring (bicyclic) bond motifs is 1. The van der Waals surface area contributed by atoms with Gasteiger partial charge in [-0.3, -0.25) is 14.2 Å². The van der Waals surface area contributed by atoms with Gasteiger partial charge < -0.3 is 9.64 Å². The van der Waals surface area contributed by atoms with Gasteiger partial charge in [-0.25, -0.2) is 9.36 Å². The van der Waals surface area contributed by atoms with E-state index in [1.165, 1.54) is 4.57 Å². The molecule has 3 rings (SSSR count). The summed E-state index contributed by atoms with van der Waals surface area (Å²) in [5.74, 6) is 0.470. The van der Waals surface area contributed by atoms with Crippen LogP contribution in [0.2, 0.25) is 0 Å². The summed E-state index contributed by atoms with van der Waals surface area (Å²) in [7, 11) is 1.71. The molecule has 0 atom stereocenters. The molecule has 0 aliphatic carbocycles. The van der Waals surface area contributed by atoms with Crippen molar-refractivity contribution < 1.29 is 9.53 Å². The van der Waals surface area contributed by atoms with Gasteiger partial charge in [0.1, 0.15) is 12.3 Å². The van der Waals surface area contributed by atoms with Crippen LogP contribution >= 0.6 is 0 Å². The molecule has 0 aliphatic heterocycles. The Kier molecular flexibility index (Phi) is 6.16. The summed E-state index contributed by atoms with van der Waals surface area (Å²) in [5.41, 5.74) is -0.0864. The fraction of sp³-hybridized carbons (Fsp3) is 0.318. The molecule has 0 unspecified atom stereocenters. The molecule has 29 heavy (non-hydrogen) atoms. The number of rotatable bonds is 7. The van der Waals surface area contributed by atoms with Gasteiger partial charge in [0.25, 0.3) is 5.56 Å². The van der Waals surface area contributed by atoms with Crippen molar-refractivity contribution >= 4 is 16.8 Å². The molecule has 0 radical (unpaired) electrons. The first-order chi connectivity index (χ1) is 14.0. The molecule has 0 N–H and O–H groups in total. The average molecular weight is 395 g/mol. The van der Waals surface area contributed by atoms with E-state index in [0.717, 1.165) is 11.0 Å². The minimum absolute atomic E-state index is 0.132. The highest BCUT2D eigenvalue weighted by molar-refractivity contribution is 5.81. The molecular formula is C22H25N3O4. The highest BCUT2D eigenvalue weighted by atomic mass is 16.5. The second kappa shape index (κ2) is 8.77. The number of para-hydroxylation sites is 1. The molecule has 0 aliphatic rings. The lowest BCUT2D eigenvalue weighted by atomic mass is 10.2. The highest BCUT2D eigenvalue weighted by Gasteiger charge is 2.18. The van der Waals surface area contributed by atoms with Crippen LogP contribution in [-0.4, -0.2) is 40.1 Å². The van der Waals surface area contributed by atoms with Crippen LogP contribution in [-0.2, 0) is 11.3 Å². The van der Waals surface area contributed by atoms with Crippen LogP contribution in [0.15, 0.2) is 58.1 Å². The monoisotopic (exact) mass is 395 g/mol. The first-order valence-electron chi connectivity index (χ1n) is 9.69. The number of aromatic nitrogens is 2. The third kappa shape index (κ3) is 4.08. The van der Waals surface area contributed by atoms with E-state index in [4.69, 9.17) is 4.74 Å². The van der Waals surface area contributed by atoms with Crippen LogP contribution in [0, 0.1) is 0 Å². The zero-order chi connectivity index (χ0) is 21.0. The largest absolute Gasteiger partial charge is 0.494 e. The molecule has 1 aromatic heterocycles. The molecule has 152 valence electrons. The van der Waals surface area contributed by atoms with Crippen molar-refractivity contribution in [2.24, 2.45) is 0 Å². The zero-order valence-corrected chi connectivity index (χ0v) is 16.9. The summed E-state index contributed by atoms with van der Waals surface area (Å²) in [5, 5.41) is 0.381. The maximum Gasteiger partial charge on any atom is 0.336 e. The van der Waals surface area contributed by atoms with Crippen LogP contribution in [0.3, 0.4) is 0 Å². The quantitative estimate of drug-likeness (QED) is 0.616. The minimum atomic E-state index is -0.545. The van der Waals surface area contributed by atoms with Gasteiger partial charge in [0, 0.05) is 13.6 Å². The predicted octanol–water partition coefficient (Wildman–Crippen LogP) is 2.42. The van der Waals surface area contributed by atoms with Gasteiger partial charge in [0.2, 0.25) is 5.91 Å².